The number of methoxy groups -OCH3 is 2. The second kappa shape index (κ2) is 9.58. The van der Waals surface area contributed by atoms with E-state index in [1.54, 1.807) is 72.8 Å². The molecule has 7 nitrogen and oxygen atoms in total. The molecule has 8 heteroatoms. The molecular formula is C25H19ClN2O5. The van der Waals surface area contributed by atoms with Gasteiger partial charge in [0.05, 0.1) is 19.9 Å². The number of esters is 2. The topological polar surface area (TPSA) is 79.7 Å². The molecule has 0 N–H and O–H groups in total. The quantitative estimate of drug-likeness (QED) is 0.349. The van der Waals surface area contributed by atoms with Gasteiger partial charge in [0, 0.05) is 10.6 Å². The van der Waals surface area contributed by atoms with Crippen molar-refractivity contribution in [3.8, 4) is 28.4 Å². The standard InChI is InChI=1S/C25H19ClN2O5/c1-31-24(29)21-22(27-28(23(21)25(30)32-2)18-6-4-3-5-7-18)16-8-12-19(13-9-16)33-20-14-10-17(26)11-15-20/h3-15H,1-2H3. The minimum atomic E-state index is -0.708. The molecule has 33 heavy (non-hydrogen) atoms. The summed E-state index contributed by atoms with van der Waals surface area (Å²) in [5, 5.41) is 5.19. The zero-order valence-electron chi connectivity index (χ0n) is 17.8. The van der Waals surface area contributed by atoms with Crippen LogP contribution in [0.2, 0.25) is 5.02 Å². The van der Waals surface area contributed by atoms with Crippen molar-refractivity contribution >= 4 is 23.5 Å². The summed E-state index contributed by atoms with van der Waals surface area (Å²) in [6.07, 6.45) is 0. The Balaban J connectivity index is 1.79. The van der Waals surface area contributed by atoms with Crippen LogP contribution in [0.3, 0.4) is 0 Å². The number of benzene rings is 3. The Hall–Kier alpha value is -4.10. The van der Waals surface area contributed by atoms with E-state index in [2.05, 4.69) is 5.10 Å². The Morgan fingerprint density at radius 1 is 0.788 bits per heavy atom. The molecule has 3 aromatic carbocycles. The highest BCUT2D eigenvalue weighted by Crippen LogP contribution is 2.31. The number of carbonyl (C=O) groups is 2. The summed E-state index contributed by atoms with van der Waals surface area (Å²) in [5.41, 5.74) is 1.46. The van der Waals surface area contributed by atoms with Gasteiger partial charge in [0.1, 0.15) is 22.8 Å². The summed E-state index contributed by atoms with van der Waals surface area (Å²) < 4.78 is 17.1. The van der Waals surface area contributed by atoms with E-state index in [0.717, 1.165) is 0 Å². The van der Waals surface area contributed by atoms with Gasteiger partial charge in [-0.15, -0.1) is 0 Å². The van der Waals surface area contributed by atoms with Crippen molar-refractivity contribution < 1.29 is 23.8 Å². The number of nitrogens with zero attached hydrogens (tertiary/aromatic N) is 2. The first kappa shape index (κ1) is 22.1. The first-order valence-corrected chi connectivity index (χ1v) is 10.3. The van der Waals surface area contributed by atoms with Gasteiger partial charge in [0.25, 0.3) is 0 Å². The van der Waals surface area contributed by atoms with Crippen LogP contribution >= 0.6 is 11.6 Å². The second-order valence-electron chi connectivity index (χ2n) is 6.88. The maximum atomic E-state index is 12.7. The molecule has 166 valence electrons. The number of aromatic nitrogens is 2. The van der Waals surface area contributed by atoms with E-state index >= 15 is 0 Å². The van der Waals surface area contributed by atoms with Crippen molar-refractivity contribution in [3.63, 3.8) is 0 Å². The molecule has 0 radical (unpaired) electrons. The molecule has 0 saturated heterocycles. The highest BCUT2D eigenvalue weighted by molar-refractivity contribution is 6.30. The fourth-order valence-corrected chi connectivity index (χ4v) is 3.40. The zero-order chi connectivity index (χ0) is 23.4. The maximum Gasteiger partial charge on any atom is 0.357 e. The van der Waals surface area contributed by atoms with Crippen LogP contribution in [0.15, 0.2) is 78.9 Å². The van der Waals surface area contributed by atoms with E-state index in [-0.39, 0.29) is 17.0 Å². The maximum absolute atomic E-state index is 12.7. The van der Waals surface area contributed by atoms with E-state index in [4.69, 9.17) is 25.8 Å². The van der Waals surface area contributed by atoms with Crippen LogP contribution in [0, 0.1) is 0 Å². The highest BCUT2D eigenvalue weighted by atomic mass is 35.5. The Bertz CT molecular complexity index is 1280. The third kappa shape index (κ3) is 4.58. The first-order valence-electron chi connectivity index (χ1n) is 9.90. The van der Waals surface area contributed by atoms with Gasteiger partial charge in [-0.3, -0.25) is 0 Å². The Labute approximate surface area is 195 Å². The van der Waals surface area contributed by atoms with Crippen molar-refractivity contribution in [3.05, 3.63) is 95.1 Å². The number of rotatable bonds is 6. The highest BCUT2D eigenvalue weighted by Gasteiger charge is 2.31. The monoisotopic (exact) mass is 462 g/mol. The Morgan fingerprint density at radius 2 is 1.36 bits per heavy atom. The molecule has 0 unspecified atom stereocenters. The zero-order valence-corrected chi connectivity index (χ0v) is 18.6. The number of hydrogen-bond acceptors (Lipinski definition) is 6. The van der Waals surface area contributed by atoms with E-state index in [9.17, 15) is 9.59 Å². The molecule has 4 rings (SSSR count). The lowest BCUT2D eigenvalue weighted by atomic mass is 10.1. The van der Waals surface area contributed by atoms with Gasteiger partial charge in [-0.1, -0.05) is 29.8 Å². The average Bonchev–Trinajstić information content (AvgIpc) is 3.26. The molecule has 0 amide bonds. The van der Waals surface area contributed by atoms with E-state index in [0.29, 0.717) is 27.8 Å². The molecule has 1 heterocycles. The molecule has 0 aliphatic rings. The van der Waals surface area contributed by atoms with Crippen LogP contribution in [0.25, 0.3) is 16.9 Å². The summed E-state index contributed by atoms with van der Waals surface area (Å²) in [6.45, 7) is 0. The summed E-state index contributed by atoms with van der Waals surface area (Å²) in [5.74, 6) is -0.199. The lowest BCUT2D eigenvalue weighted by Gasteiger charge is -2.07. The summed E-state index contributed by atoms with van der Waals surface area (Å²) >= 11 is 5.91. The SMILES string of the molecule is COC(=O)c1c(-c2ccc(Oc3ccc(Cl)cc3)cc2)nn(-c2ccccc2)c1C(=O)OC. The summed E-state index contributed by atoms with van der Waals surface area (Å²) in [7, 11) is 2.49. The number of carbonyl (C=O) groups excluding carboxylic acids is 2. The van der Waals surface area contributed by atoms with Gasteiger partial charge < -0.3 is 14.2 Å². The van der Waals surface area contributed by atoms with Crippen LogP contribution in [0.4, 0.5) is 0 Å². The van der Waals surface area contributed by atoms with Crippen LogP contribution < -0.4 is 4.74 Å². The van der Waals surface area contributed by atoms with Gasteiger partial charge in [-0.25, -0.2) is 14.3 Å². The molecule has 0 fully saturated rings. The van der Waals surface area contributed by atoms with Crippen LogP contribution in [0.1, 0.15) is 20.8 Å². The lowest BCUT2D eigenvalue weighted by Crippen LogP contribution is -2.15. The van der Waals surface area contributed by atoms with Crippen molar-refractivity contribution in [1.82, 2.24) is 9.78 Å². The molecule has 4 aromatic rings. The molecule has 0 atom stereocenters. The van der Waals surface area contributed by atoms with Gasteiger partial charge in [0.15, 0.2) is 5.69 Å². The lowest BCUT2D eigenvalue weighted by molar-refractivity contribution is 0.0549. The van der Waals surface area contributed by atoms with Crippen molar-refractivity contribution in [1.29, 1.82) is 0 Å². The molecule has 0 aliphatic carbocycles. The largest absolute Gasteiger partial charge is 0.465 e. The van der Waals surface area contributed by atoms with Crippen LogP contribution in [0.5, 0.6) is 11.5 Å². The first-order chi connectivity index (χ1) is 16.0. The van der Waals surface area contributed by atoms with Gasteiger partial charge in [-0.2, -0.15) is 5.10 Å². The second-order valence-corrected chi connectivity index (χ2v) is 7.32. The molecule has 0 spiro atoms. The van der Waals surface area contributed by atoms with Gasteiger partial charge in [0.2, 0.25) is 0 Å². The van der Waals surface area contributed by atoms with Crippen molar-refractivity contribution in [2.24, 2.45) is 0 Å². The summed E-state index contributed by atoms with van der Waals surface area (Å²) in [6, 6.07) is 23.0. The van der Waals surface area contributed by atoms with E-state index < -0.39 is 11.9 Å². The molecule has 0 bridgehead atoms. The number of halogens is 1. The average molecular weight is 463 g/mol. The predicted molar refractivity (Wildman–Crippen MR) is 123 cm³/mol. The summed E-state index contributed by atoms with van der Waals surface area (Å²) in [4.78, 5) is 25.4. The third-order valence-corrected chi connectivity index (χ3v) is 5.08. The fraction of sp³-hybridized carbons (Fsp3) is 0.0800. The van der Waals surface area contributed by atoms with Crippen LogP contribution in [-0.2, 0) is 9.47 Å². The minimum Gasteiger partial charge on any atom is -0.465 e. The molecule has 0 saturated carbocycles. The fourth-order valence-electron chi connectivity index (χ4n) is 3.28. The van der Waals surface area contributed by atoms with E-state index in [1.165, 1.54) is 18.9 Å². The van der Waals surface area contributed by atoms with Crippen molar-refractivity contribution in [2.45, 2.75) is 0 Å². The third-order valence-electron chi connectivity index (χ3n) is 4.83. The number of para-hydroxylation sites is 1. The number of hydrogen-bond donors (Lipinski definition) is 0. The minimum absolute atomic E-state index is 0.0135. The normalized spacial score (nSPS) is 10.5. The Kier molecular flexibility index (Phi) is 6.42. The van der Waals surface area contributed by atoms with Crippen molar-refractivity contribution in [2.75, 3.05) is 14.2 Å². The molecule has 0 aliphatic heterocycles. The molecular weight excluding hydrogens is 444 g/mol. The Morgan fingerprint density at radius 3 is 1.94 bits per heavy atom. The molecule has 1 aromatic heterocycles. The van der Waals surface area contributed by atoms with Gasteiger partial charge >= 0.3 is 11.9 Å². The predicted octanol–water partition coefficient (Wildman–Crippen LogP) is 5.56. The van der Waals surface area contributed by atoms with Gasteiger partial charge in [-0.05, 0) is 60.7 Å². The number of ether oxygens (including phenoxy) is 3. The smallest absolute Gasteiger partial charge is 0.357 e. The van der Waals surface area contributed by atoms with E-state index in [1.807, 2.05) is 6.07 Å². The van der Waals surface area contributed by atoms with Crippen LogP contribution in [-0.4, -0.2) is 35.9 Å².